The van der Waals surface area contributed by atoms with Crippen LogP contribution in [0.1, 0.15) is 12.0 Å². The van der Waals surface area contributed by atoms with E-state index in [1.807, 2.05) is 6.20 Å². The molecule has 0 spiro atoms. The number of aryl methyl sites for hydroxylation is 1. The first-order chi connectivity index (χ1) is 11.6. The van der Waals surface area contributed by atoms with Crippen molar-refractivity contribution in [2.45, 2.75) is 17.7 Å². The minimum atomic E-state index is -3.55. The first-order valence-corrected chi connectivity index (χ1v) is 8.85. The van der Waals surface area contributed by atoms with Crippen molar-refractivity contribution in [1.29, 1.82) is 0 Å². The van der Waals surface area contributed by atoms with Crippen LogP contribution in [0.5, 0.6) is 5.75 Å². The molecule has 3 rings (SSSR count). The van der Waals surface area contributed by atoms with Crippen LogP contribution in [0.4, 0.5) is 0 Å². The Morgan fingerprint density at radius 3 is 3.00 bits per heavy atom. The van der Waals surface area contributed by atoms with Crippen molar-refractivity contribution in [1.82, 2.24) is 24.3 Å². The maximum absolute atomic E-state index is 12.3. The van der Waals surface area contributed by atoms with Gasteiger partial charge in [0, 0.05) is 25.0 Å². The summed E-state index contributed by atoms with van der Waals surface area (Å²) in [5, 5.41) is 4.02. The van der Waals surface area contributed by atoms with Crippen LogP contribution in [0.25, 0.3) is 5.78 Å². The Hall–Kier alpha value is -2.52. The fourth-order valence-corrected chi connectivity index (χ4v) is 3.35. The third-order valence-electron chi connectivity index (χ3n) is 3.47. The number of nitrogens with one attached hydrogen (secondary N) is 1. The Labute approximate surface area is 139 Å². The van der Waals surface area contributed by atoms with Gasteiger partial charge in [0.15, 0.2) is 0 Å². The lowest BCUT2D eigenvalue weighted by molar-refractivity contribution is 0.413. The highest BCUT2D eigenvalue weighted by atomic mass is 32.2. The number of fused-ring (bicyclic) bond motifs is 1. The summed E-state index contributed by atoms with van der Waals surface area (Å²) >= 11 is 0. The molecule has 0 unspecified atom stereocenters. The van der Waals surface area contributed by atoms with Gasteiger partial charge < -0.3 is 4.74 Å². The molecule has 1 N–H and O–H groups in total. The van der Waals surface area contributed by atoms with Gasteiger partial charge in [0.1, 0.15) is 12.1 Å². The number of methoxy groups -OCH3 is 1. The lowest BCUT2D eigenvalue weighted by Crippen LogP contribution is -2.25. The molecule has 0 saturated carbocycles. The first kappa shape index (κ1) is 16.3. The molecule has 0 aliphatic rings. The van der Waals surface area contributed by atoms with Gasteiger partial charge in [0.05, 0.1) is 12.0 Å². The van der Waals surface area contributed by atoms with Crippen molar-refractivity contribution in [2.75, 3.05) is 13.7 Å². The molecule has 8 nitrogen and oxygen atoms in total. The zero-order chi connectivity index (χ0) is 17.0. The second-order valence-corrected chi connectivity index (χ2v) is 6.91. The summed E-state index contributed by atoms with van der Waals surface area (Å²) in [6, 6.07) is 6.37. The highest BCUT2D eigenvalue weighted by Crippen LogP contribution is 2.16. The number of hydrogen-bond donors (Lipinski definition) is 1. The predicted octanol–water partition coefficient (Wildman–Crippen LogP) is 1.04. The zero-order valence-corrected chi connectivity index (χ0v) is 13.9. The Bertz CT molecular complexity index is 939. The van der Waals surface area contributed by atoms with Crippen LogP contribution < -0.4 is 9.46 Å². The molecule has 24 heavy (non-hydrogen) atoms. The Morgan fingerprint density at radius 1 is 1.29 bits per heavy atom. The third-order valence-corrected chi connectivity index (χ3v) is 4.93. The normalized spacial score (nSPS) is 11.7. The van der Waals surface area contributed by atoms with Crippen molar-refractivity contribution in [3.8, 4) is 5.75 Å². The van der Waals surface area contributed by atoms with Crippen LogP contribution in [-0.2, 0) is 16.4 Å². The molecule has 0 fully saturated rings. The van der Waals surface area contributed by atoms with Crippen LogP contribution in [0.3, 0.4) is 0 Å². The average molecular weight is 347 g/mol. The number of ether oxygens (including phenoxy) is 1. The topological polar surface area (TPSA) is 98.5 Å². The van der Waals surface area contributed by atoms with Crippen LogP contribution in [-0.4, -0.2) is 41.7 Å². The molecule has 2 aromatic heterocycles. The standard InChI is InChI=1S/C15H17N5O3S/c1-23-13-5-2-6-14(8-13)24(21,22)19-7-3-4-12-9-16-15-17-11-18-20(15)10-12/h2,5-6,8-11,19H,3-4,7H2,1H3. The lowest BCUT2D eigenvalue weighted by Gasteiger charge is -2.08. The monoisotopic (exact) mass is 347 g/mol. The smallest absolute Gasteiger partial charge is 0.252 e. The minimum absolute atomic E-state index is 0.188. The van der Waals surface area contributed by atoms with Gasteiger partial charge >= 0.3 is 0 Å². The highest BCUT2D eigenvalue weighted by Gasteiger charge is 2.13. The summed E-state index contributed by atoms with van der Waals surface area (Å²) in [4.78, 5) is 8.33. The first-order valence-electron chi connectivity index (χ1n) is 7.36. The van der Waals surface area contributed by atoms with Gasteiger partial charge in [-0.25, -0.2) is 22.6 Å². The minimum Gasteiger partial charge on any atom is -0.497 e. The molecule has 0 atom stereocenters. The van der Waals surface area contributed by atoms with Crippen LogP contribution in [0, 0.1) is 0 Å². The van der Waals surface area contributed by atoms with E-state index in [1.165, 1.54) is 25.6 Å². The SMILES string of the molecule is COc1cccc(S(=O)(=O)NCCCc2cnc3ncnn3c2)c1. The maximum atomic E-state index is 12.3. The van der Waals surface area contributed by atoms with Crippen LogP contribution in [0.2, 0.25) is 0 Å². The molecule has 0 aliphatic heterocycles. The van der Waals surface area contributed by atoms with E-state index in [4.69, 9.17) is 4.74 Å². The number of rotatable bonds is 7. The average Bonchev–Trinajstić information content (AvgIpc) is 3.06. The second kappa shape index (κ2) is 6.93. The Balaban J connectivity index is 1.56. The van der Waals surface area contributed by atoms with E-state index in [2.05, 4.69) is 19.8 Å². The van der Waals surface area contributed by atoms with E-state index in [0.29, 0.717) is 30.9 Å². The van der Waals surface area contributed by atoms with E-state index in [0.717, 1.165) is 5.56 Å². The van der Waals surface area contributed by atoms with Gasteiger partial charge in [-0.2, -0.15) is 10.1 Å². The van der Waals surface area contributed by atoms with Crippen molar-refractivity contribution < 1.29 is 13.2 Å². The Kier molecular flexibility index (Phi) is 4.72. The molecule has 3 aromatic rings. The molecular weight excluding hydrogens is 330 g/mol. The maximum Gasteiger partial charge on any atom is 0.252 e. The predicted molar refractivity (Wildman–Crippen MR) is 87.3 cm³/mol. The summed E-state index contributed by atoms with van der Waals surface area (Å²) in [6.45, 7) is 0.328. The largest absolute Gasteiger partial charge is 0.497 e. The molecule has 0 radical (unpaired) electrons. The summed E-state index contributed by atoms with van der Waals surface area (Å²) < 4.78 is 33.7. The number of benzene rings is 1. The fourth-order valence-electron chi connectivity index (χ4n) is 2.24. The molecule has 0 amide bonds. The molecule has 126 valence electrons. The molecule has 0 aliphatic carbocycles. The second-order valence-electron chi connectivity index (χ2n) is 5.15. The summed E-state index contributed by atoms with van der Waals surface area (Å²) in [7, 11) is -2.05. The molecule has 0 bridgehead atoms. The number of hydrogen-bond acceptors (Lipinski definition) is 6. The van der Waals surface area contributed by atoms with E-state index < -0.39 is 10.0 Å². The van der Waals surface area contributed by atoms with Gasteiger partial charge in [0.25, 0.3) is 5.78 Å². The zero-order valence-electron chi connectivity index (χ0n) is 13.1. The molecule has 2 heterocycles. The van der Waals surface area contributed by atoms with Gasteiger partial charge in [-0.05, 0) is 30.5 Å². The number of nitrogens with zero attached hydrogens (tertiary/aromatic N) is 4. The fraction of sp³-hybridized carbons (Fsp3) is 0.267. The van der Waals surface area contributed by atoms with Crippen molar-refractivity contribution >= 4 is 15.8 Å². The van der Waals surface area contributed by atoms with Crippen molar-refractivity contribution in [2.24, 2.45) is 0 Å². The van der Waals surface area contributed by atoms with Gasteiger partial charge in [0.2, 0.25) is 10.0 Å². The Morgan fingerprint density at radius 2 is 2.17 bits per heavy atom. The lowest BCUT2D eigenvalue weighted by atomic mass is 10.2. The van der Waals surface area contributed by atoms with Gasteiger partial charge in [-0.3, -0.25) is 0 Å². The highest BCUT2D eigenvalue weighted by molar-refractivity contribution is 7.89. The van der Waals surface area contributed by atoms with E-state index in [1.54, 1.807) is 22.8 Å². The van der Waals surface area contributed by atoms with Crippen LogP contribution in [0.15, 0.2) is 47.9 Å². The van der Waals surface area contributed by atoms with E-state index >= 15 is 0 Å². The summed E-state index contributed by atoms with van der Waals surface area (Å²) in [6.07, 6.45) is 6.33. The van der Waals surface area contributed by atoms with E-state index in [-0.39, 0.29) is 4.90 Å². The van der Waals surface area contributed by atoms with E-state index in [9.17, 15) is 8.42 Å². The van der Waals surface area contributed by atoms with Crippen LogP contribution >= 0.6 is 0 Å². The molecular formula is C15H17N5O3S. The third kappa shape index (κ3) is 3.69. The molecule has 1 aromatic carbocycles. The molecule has 0 saturated heterocycles. The number of sulfonamides is 1. The summed E-state index contributed by atoms with van der Waals surface area (Å²) in [5.41, 5.74) is 0.966. The van der Waals surface area contributed by atoms with Crippen molar-refractivity contribution in [3.63, 3.8) is 0 Å². The summed E-state index contributed by atoms with van der Waals surface area (Å²) in [5.74, 6) is 1.04. The van der Waals surface area contributed by atoms with Gasteiger partial charge in [-0.1, -0.05) is 6.07 Å². The number of aromatic nitrogens is 4. The molecule has 9 heteroatoms. The van der Waals surface area contributed by atoms with Crippen molar-refractivity contribution in [3.05, 3.63) is 48.5 Å². The van der Waals surface area contributed by atoms with Gasteiger partial charge in [-0.15, -0.1) is 0 Å². The quantitative estimate of drug-likeness (QED) is 0.641.